The number of nitrogens with zero attached hydrogens (tertiary/aromatic N) is 4. The van der Waals surface area contributed by atoms with Gasteiger partial charge in [0.2, 0.25) is 0 Å². The van der Waals surface area contributed by atoms with Gasteiger partial charge in [0.05, 0.1) is 0 Å². The van der Waals surface area contributed by atoms with Crippen LogP contribution in [-0.2, 0) is 65.0 Å². The normalized spacial score (nSPS) is 15.1. The van der Waals surface area contributed by atoms with Crippen molar-refractivity contribution in [2.24, 2.45) is 0 Å². The molecule has 88 heavy (non-hydrogen) atoms. The minimum absolute atomic E-state index is 0.272. The van der Waals surface area contributed by atoms with E-state index in [0.717, 1.165) is 59.8 Å². The first-order valence-electron chi connectivity index (χ1n) is 31.4. The molecule has 16 bridgehead atoms. The number of ether oxygens (including phenoxy) is 1. The summed E-state index contributed by atoms with van der Waals surface area (Å²) in [6.07, 6.45) is 3.69. The van der Waals surface area contributed by atoms with E-state index in [0.29, 0.717) is 11.5 Å². The van der Waals surface area contributed by atoms with Crippen LogP contribution in [0, 0.1) is 12.1 Å². The van der Waals surface area contributed by atoms with Crippen LogP contribution in [0.25, 0.3) is 44.5 Å². The summed E-state index contributed by atoms with van der Waals surface area (Å²) in [6, 6.07) is 82.8. The van der Waals surface area contributed by atoms with Crippen LogP contribution in [0.2, 0.25) is 0 Å². The number of hydrogen-bond acceptors (Lipinski definition) is 5. The van der Waals surface area contributed by atoms with E-state index in [9.17, 15) is 0 Å². The van der Waals surface area contributed by atoms with E-state index < -0.39 is 17.6 Å². The van der Waals surface area contributed by atoms with E-state index in [1.54, 1.807) is 0 Å². The van der Waals surface area contributed by atoms with Crippen molar-refractivity contribution in [3.63, 3.8) is 0 Å². The summed E-state index contributed by atoms with van der Waals surface area (Å²) in [6.45, 7) is 29.0. The molecule has 9 heterocycles. The number of para-hydroxylation sites is 4. The van der Waals surface area contributed by atoms with Crippen molar-refractivity contribution in [2.45, 2.75) is 130 Å². The van der Waals surface area contributed by atoms with Gasteiger partial charge in [-0.15, -0.1) is 0 Å². The molecule has 0 aromatic heterocycles. The maximum absolute atomic E-state index is 7.00. The average molecular weight is 1330 g/mol. The molecule has 0 saturated heterocycles. The fourth-order valence-electron chi connectivity index (χ4n) is 13.9. The second kappa shape index (κ2) is 20.6. The SMILES string of the molecule is CC(C)(C)c1cc(C(C)(C)C)c2c3c1-c1ccc(cc1)CCc1ccc(cc1)-c1c(C(C)(C)C)cc(C(C)(C)C)c(c1N1[C]4=[Pt]=[C]5N(c6[c-]c(ccc6)Oc6[c-]c(ccc6)N4c4ccccc41)c1ccccc1N53)-c1ccc(cc1)CCc1ccc-2cc1. The fourth-order valence-corrected chi connectivity index (χ4v) is 17.6. The standard InChI is InChI=1S/C82H76N4O.Pt/c1-79(2,3)65-49-66(80(4,5)6)74-58-41-33-54(34-42-58)29-30-56-37-45-60(46-38-56)76-68(82(10,11)12)50-67(81(7,8)9)75-59-43-35-55(36-44-59)28-27-53-31-39-57(40-32-53)73(65)77(74)85-51-83(69-23-13-15-25-71(69)85)61-19-17-21-63(47-61)87-64-22-18-20-62(48-64)84-52-86(78(75)76)72-26-16-14-24-70(72)84;/h13-26,31-46,49-50H,27-30H2,1-12H3;/q-2;. The molecule has 19 rings (SSSR count). The molecule has 0 spiro atoms. The van der Waals surface area contributed by atoms with E-state index in [1.807, 2.05) is 12.1 Å². The Bertz CT molecular complexity index is 4080. The Morgan fingerprint density at radius 2 is 0.591 bits per heavy atom. The van der Waals surface area contributed by atoms with E-state index in [2.05, 4.69) is 297 Å². The van der Waals surface area contributed by atoms with Crippen molar-refractivity contribution in [3.8, 4) is 56.0 Å². The van der Waals surface area contributed by atoms with E-state index >= 15 is 0 Å². The number of anilines is 8. The maximum atomic E-state index is 7.00. The van der Waals surface area contributed by atoms with Crippen molar-refractivity contribution >= 4 is 53.8 Å². The summed E-state index contributed by atoms with van der Waals surface area (Å²) in [7, 11) is 0. The van der Waals surface area contributed by atoms with Gasteiger partial charge in [-0.3, -0.25) is 0 Å². The molecule has 5 nitrogen and oxygen atoms in total. The summed E-state index contributed by atoms with van der Waals surface area (Å²) < 4.78 is 9.36. The second-order valence-corrected chi connectivity index (χ2v) is 31.3. The molecule has 0 amide bonds. The van der Waals surface area contributed by atoms with Gasteiger partial charge < -0.3 is 0 Å². The molecule has 0 unspecified atom stereocenters. The molecule has 0 aliphatic carbocycles. The van der Waals surface area contributed by atoms with E-state index in [1.165, 1.54) is 109 Å². The molecule has 0 fully saturated rings. The van der Waals surface area contributed by atoms with Crippen LogP contribution in [0.5, 0.6) is 11.5 Å². The number of rotatable bonds is 0. The summed E-state index contributed by atoms with van der Waals surface area (Å²) in [5, 5.41) is 0. The van der Waals surface area contributed by atoms with Gasteiger partial charge in [-0.05, 0) is 0 Å². The summed E-state index contributed by atoms with van der Waals surface area (Å²) in [4.78, 5) is 10.6. The van der Waals surface area contributed by atoms with Gasteiger partial charge in [-0.1, -0.05) is 0 Å². The molecule has 9 aliphatic rings. The van der Waals surface area contributed by atoms with Gasteiger partial charge >= 0.3 is 533 Å². The summed E-state index contributed by atoms with van der Waals surface area (Å²) in [5.74, 6) is 1.27. The average Bonchev–Trinajstić information content (AvgIpc) is 1.37. The van der Waals surface area contributed by atoms with E-state index in [4.69, 9.17) is 4.74 Å². The predicted molar refractivity (Wildman–Crippen MR) is 366 cm³/mol. The molecule has 0 saturated carbocycles. The third-order valence-electron chi connectivity index (χ3n) is 18.4. The monoisotopic (exact) mass is 1330 g/mol. The van der Waals surface area contributed by atoms with Crippen LogP contribution in [0.4, 0.5) is 45.5 Å². The van der Waals surface area contributed by atoms with Crippen molar-refractivity contribution < 1.29 is 22.4 Å². The first kappa shape index (κ1) is 56.2. The Morgan fingerprint density at radius 3 is 0.864 bits per heavy atom. The van der Waals surface area contributed by atoms with Gasteiger partial charge in [0.15, 0.2) is 0 Å². The molecule has 442 valence electrons. The van der Waals surface area contributed by atoms with Crippen LogP contribution in [-0.4, -0.2) is 8.29 Å². The van der Waals surface area contributed by atoms with Crippen LogP contribution >= 0.6 is 0 Å². The predicted octanol–water partition coefficient (Wildman–Crippen LogP) is 21.0. The number of benzene rings is 10. The molecule has 0 N–H and O–H groups in total. The first-order chi connectivity index (χ1) is 42.2. The van der Waals surface area contributed by atoms with Crippen LogP contribution in [0.3, 0.4) is 0 Å². The second-order valence-electron chi connectivity index (χ2n) is 28.7. The number of aryl methyl sites for hydroxylation is 4. The zero-order chi connectivity index (χ0) is 60.8. The third-order valence-corrected chi connectivity index (χ3v) is 21.5. The van der Waals surface area contributed by atoms with Crippen molar-refractivity contribution in [1.82, 2.24) is 0 Å². The Balaban J connectivity index is 1.25. The Hall–Kier alpha value is -8.37. The first-order valence-corrected chi connectivity index (χ1v) is 33.7. The zero-order valence-electron chi connectivity index (χ0n) is 52.8. The van der Waals surface area contributed by atoms with Gasteiger partial charge in [-0.2, -0.15) is 0 Å². The molecule has 9 aliphatic heterocycles. The number of hydrogen-bond donors (Lipinski definition) is 0. The Morgan fingerprint density at radius 1 is 0.318 bits per heavy atom. The minimum atomic E-state index is -1.38. The summed E-state index contributed by atoms with van der Waals surface area (Å²) in [5.41, 5.74) is 28.0. The molecule has 0 radical (unpaired) electrons. The fraction of sp³-hybridized carbons (Fsp3) is 0.244. The third kappa shape index (κ3) is 9.45. The molecular weight excluding hydrogens is 1250 g/mol. The van der Waals surface area contributed by atoms with E-state index in [-0.39, 0.29) is 21.7 Å². The topological polar surface area (TPSA) is 22.2 Å². The van der Waals surface area contributed by atoms with Crippen LogP contribution in [0.15, 0.2) is 194 Å². The van der Waals surface area contributed by atoms with Gasteiger partial charge in [0.25, 0.3) is 0 Å². The van der Waals surface area contributed by atoms with Crippen molar-refractivity contribution in [2.75, 3.05) is 19.6 Å². The number of fused-ring (bicyclic) bond motifs is 14. The van der Waals surface area contributed by atoms with Gasteiger partial charge in [0.1, 0.15) is 0 Å². The Labute approximate surface area is 529 Å². The zero-order valence-corrected chi connectivity index (χ0v) is 55.1. The van der Waals surface area contributed by atoms with Crippen LogP contribution < -0.4 is 24.3 Å². The van der Waals surface area contributed by atoms with Crippen LogP contribution in [0.1, 0.15) is 128 Å². The Kier molecular flexibility index (Phi) is 13.2. The molecule has 0 atom stereocenters. The summed E-state index contributed by atoms with van der Waals surface area (Å²) >= 11 is -1.38. The van der Waals surface area contributed by atoms with Crippen molar-refractivity contribution in [1.29, 1.82) is 0 Å². The van der Waals surface area contributed by atoms with Gasteiger partial charge in [-0.25, -0.2) is 0 Å². The van der Waals surface area contributed by atoms with Gasteiger partial charge in [0, 0.05) is 0 Å². The molecule has 10 aromatic carbocycles. The quantitative estimate of drug-likeness (QED) is 0.141. The molecule has 10 aromatic rings. The van der Waals surface area contributed by atoms with Crippen molar-refractivity contribution in [3.05, 3.63) is 251 Å². The molecule has 6 heteroatoms. The molecular formula is C82H76N4OPt-2.